The Hall–Kier alpha value is -1.72. The van der Waals surface area contributed by atoms with Crippen LogP contribution in [0.1, 0.15) is 11.8 Å². The highest BCUT2D eigenvalue weighted by molar-refractivity contribution is 7.18. The minimum atomic E-state index is -0.300. The van der Waals surface area contributed by atoms with Gasteiger partial charge >= 0.3 is 0 Å². The number of nitrogens with one attached hydrogen (secondary N) is 1. The van der Waals surface area contributed by atoms with Gasteiger partial charge in [0.05, 0.1) is 5.39 Å². The molecule has 0 bridgehead atoms. The van der Waals surface area contributed by atoms with Crippen molar-refractivity contribution in [3.05, 3.63) is 46.3 Å². The molecule has 1 aromatic carbocycles. The van der Waals surface area contributed by atoms with E-state index in [2.05, 4.69) is 22.2 Å². The standard InChI is InChI=1S/C14H11ClFN3S/c1-2-10-7-11-12(18-14(15)19-13(11)20-10)17-9-5-3-4-8(16)6-9/h3-7H,2H2,1H3,(H,17,18,19). The third kappa shape index (κ3) is 2.59. The summed E-state index contributed by atoms with van der Waals surface area (Å²) in [6.07, 6.45) is 0.929. The molecule has 0 atom stereocenters. The summed E-state index contributed by atoms with van der Waals surface area (Å²) in [4.78, 5) is 10.5. The summed E-state index contributed by atoms with van der Waals surface area (Å²) in [6, 6.07) is 8.27. The van der Waals surface area contributed by atoms with Crippen molar-refractivity contribution in [2.45, 2.75) is 13.3 Å². The van der Waals surface area contributed by atoms with Crippen LogP contribution in [0.15, 0.2) is 30.3 Å². The molecule has 0 spiro atoms. The van der Waals surface area contributed by atoms with Crippen LogP contribution in [0.4, 0.5) is 15.9 Å². The van der Waals surface area contributed by atoms with Gasteiger partial charge in [-0.3, -0.25) is 0 Å². The second-order valence-corrected chi connectivity index (χ2v) is 5.71. The van der Waals surface area contributed by atoms with Gasteiger partial charge in [0.1, 0.15) is 16.5 Å². The Balaban J connectivity index is 2.08. The SMILES string of the molecule is CCc1cc2c(Nc3cccc(F)c3)nc(Cl)nc2s1. The van der Waals surface area contributed by atoms with Gasteiger partial charge in [0.2, 0.25) is 5.28 Å². The van der Waals surface area contributed by atoms with Crippen LogP contribution in [-0.4, -0.2) is 9.97 Å². The number of aryl methyl sites for hydroxylation is 1. The van der Waals surface area contributed by atoms with E-state index in [9.17, 15) is 4.39 Å². The molecule has 0 radical (unpaired) electrons. The van der Waals surface area contributed by atoms with E-state index in [0.29, 0.717) is 11.5 Å². The molecule has 0 fully saturated rings. The smallest absolute Gasteiger partial charge is 0.225 e. The van der Waals surface area contributed by atoms with Crippen LogP contribution >= 0.6 is 22.9 Å². The zero-order valence-electron chi connectivity index (χ0n) is 10.7. The lowest BCUT2D eigenvalue weighted by Crippen LogP contribution is -1.96. The van der Waals surface area contributed by atoms with Crippen LogP contribution < -0.4 is 5.32 Å². The van der Waals surface area contributed by atoms with Gasteiger partial charge in [-0.2, -0.15) is 4.98 Å². The Kier molecular flexibility index (Phi) is 3.54. The van der Waals surface area contributed by atoms with Crippen molar-refractivity contribution in [1.29, 1.82) is 0 Å². The zero-order valence-corrected chi connectivity index (χ0v) is 12.2. The fraction of sp³-hybridized carbons (Fsp3) is 0.143. The fourth-order valence-electron chi connectivity index (χ4n) is 1.92. The van der Waals surface area contributed by atoms with Gasteiger partial charge in [-0.25, -0.2) is 9.37 Å². The molecule has 0 unspecified atom stereocenters. The van der Waals surface area contributed by atoms with E-state index in [-0.39, 0.29) is 11.1 Å². The minimum Gasteiger partial charge on any atom is -0.339 e. The number of aromatic nitrogens is 2. The average molecular weight is 308 g/mol. The molecular weight excluding hydrogens is 297 g/mol. The summed E-state index contributed by atoms with van der Waals surface area (Å²) in [5, 5.41) is 4.18. The second kappa shape index (κ2) is 5.34. The average Bonchev–Trinajstić information content (AvgIpc) is 2.82. The van der Waals surface area contributed by atoms with Crippen LogP contribution in [0.3, 0.4) is 0 Å². The van der Waals surface area contributed by atoms with Crippen LogP contribution in [0.2, 0.25) is 5.28 Å². The number of rotatable bonds is 3. The van der Waals surface area contributed by atoms with Crippen LogP contribution in [0.25, 0.3) is 10.2 Å². The Morgan fingerprint density at radius 2 is 2.15 bits per heavy atom. The minimum absolute atomic E-state index is 0.181. The molecule has 2 heterocycles. The first-order chi connectivity index (χ1) is 9.65. The summed E-state index contributed by atoms with van der Waals surface area (Å²) in [5.74, 6) is 0.299. The number of hydrogen-bond donors (Lipinski definition) is 1. The maximum absolute atomic E-state index is 13.2. The first kappa shape index (κ1) is 13.3. The summed E-state index contributed by atoms with van der Waals surface area (Å²) in [5.41, 5.74) is 0.630. The number of hydrogen-bond acceptors (Lipinski definition) is 4. The molecule has 0 amide bonds. The van der Waals surface area contributed by atoms with Gasteiger partial charge in [0, 0.05) is 10.6 Å². The number of anilines is 2. The third-order valence-electron chi connectivity index (χ3n) is 2.85. The first-order valence-electron chi connectivity index (χ1n) is 6.14. The molecular formula is C14H11ClFN3S. The van der Waals surface area contributed by atoms with E-state index in [1.54, 1.807) is 23.5 Å². The molecule has 3 aromatic rings. The summed E-state index contributed by atoms with van der Waals surface area (Å²) < 4.78 is 13.2. The van der Waals surface area contributed by atoms with Gasteiger partial charge in [-0.05, 0) is 42.3 Å². The predicted molar refractivity (Wildman–Crippen MR) is 81.5 cm³/mol. The molecule has 0 aliphatic carbocycles. The van der Waals surface area contributed by atoms with Gasteiger partial charge < -0.3 is 5.32 Å². The van der Waals surface area contributed by atoms with E-state index >= 15 is 0 Å². The molecule has 6 heteroatoms. The molecule has 0 aliphatic rings. The number of nitrogens with zero attached hydrogens (tertiary/aromatic N) is 2. The highest BCUT2D eigenvalue weighted by atomic mass is 35.5. The molecule has 3 nitrogen and oxygen atoms in total. The Morgan fingerprint density at radius 3 is 2.90 bits per heavy atom. The first-order valence-corrected chi connectivity index (χ1v) is 7.33. The van der Waals surface area contributed by atoms with Crippen molar-refractivity contribution >= 4 is 44.7 Å². The molecule has 0 saturated carbocycles. The van der Waals surface area contributed by atoms with Crippen LogP contribution in [-0.2, 0) is 6.42 Å². The molecule has 1 N–H and O–H groups in total. The molecule has 3 rings (SSSR count). The van der Waals surface area contributed by atoms with E-state index in [4.69, 9.17) is 11.6 Å². The van der Waals surface area contributed by atoms with Crippen molar-refractivity contribution < 1.29 is 4.39 Å². The molecule has 0 aliphatic heterocycles. The number of benzene rings is 1. The third-order valence-corrected chi connectivity index (χ3v) is 4.19. The van der Waals surface area contributed by atoms with Gasteiger partial charge in [0.15, 0.2) is 0 Å². The summed E-state index contributed by atoms with van der Waals surface area (Å²) in [6.45, 7) is 2.08. The fourth-order valence-corrected chi connectivity index (χ4v) is 3.10. The van der Waals surface area contributed by atoms with E-state index < -0.39 is 0 Å². The van der Waals surface area contributed by atoms with Crippen molar-refractivity contribution in [1.82, 2.24) is 9.97 Å². The topological polar surface area (TPSA) is 37.8 Å². The molecule has 20 heavy (non-hydrogen) atoms. The number of fused-ring (bicyclic) bond motifs is 1. The highest BCUT2D eigenvalue weighted by Crippen LogP contribution is 2.31. The Bertz CT molecular complexity index is 772. The van der Waals surface area contributed by atoms with E-state index in [1.165, 1.54) is 17.0 Å². The van der Waals surface area contributed by atoms with E-state index in [1.807, 2.05) is 6.07 Å². The van der Waals surface area contributed by atoms with Gasteiger partial charge in [-0.1, -0.05) is 13.0 Å². The van der Waals surface area contributed by atoms with Crippen molar-refractivity contribution in [2.24, 2.45) is 0 Å². The van der Waals surface area contributed by atoms with Crippen LogP contribution in [0.5, 0.6) is 0 Å². The zero-order chi connectivity index (χ0) is 14.1. The maximum atomic E-state index is 13.2. The van der Waals surface area contributed by atoms with E-state index in [0.717, 1.165) is 16.6 Å². The quantitative estimate of drug-likeness (QED) is 0.707. The molecule has 2 aromatic heterocycles. The van der Waals surface area contributed by atoms with Gasteiger partial charge in [0.25, 0.3) is 0 Å². The lowest BCUT2D eigenvalue weighted by Gasteiger charge is -2.06. The maximum Gasteiger partial charge on any atom is 0.225 e. The molecule has 0 saturated heterocycles. The monoisotopic (exact) mass is 307 g/mol. The Morgan fingerprint density at radius 1 is 1.30 bits per heavy atom. The van der Waals surface area contributed by atoms with Crippen molar-refractivity contribution in [3.8, 4) is 0 Å². The highest BCUT2D eigenvalue weighted by Gasteiger charge is 2.11. The normalized spacial score (nSPS) is 10.9. The van der Waals surface area contributed by atoms with Gasteiger partial charge in [-0.15, -0.1) is 11.3 Å². The lowest BCUT2D eigenvalue weighted by molar-refractivity contribution is 0.628. The number of halogens is 2. The molecule has 102 valence electrons. The summed E-state index contributed by atoms with van der Waals surface area (Å²) in [7, 11) is 0. The summed E-state index contributed by atoms with van der Waals surface area (Å²) >= 11 is 7.53. The van der Waals surface area contributed by atoms with Crippen molar-refractivity contribution in [2.75, 3.05) is 5.32 Å². The second-order valence-electron chi connectivity index (χ2n) is 4.26. The number of thiophene rings is 1. The largest absolute Gasteiger partial charge is 0.339 e. The van der Waals surface area contributed by atoms with Crippen molar-refractivity contribution in [3.63, 3.8) is 0 Å². The Labute approximate surface area is 124 Å². The lowest BCUT2D eigenvalue weighted by atomic mass is 10.3. The predicted octanol–water partition coefficient (Wildman–Crippen LogP) is 4.79. The van der Waals surface area contributed by atoms with Crippen LogP contribution in [0, 0.1) is 5.82 Å².